The minimum Gasteiger partial charge on any atom is -0.320 e. The number of imidazole rings is 1. The van der Waals surface area contributed by atoms with Crippen molar-refractivity contribution in [3.63, 3.8) is 0 Å². The molecular formula is C22H28N4O2S2. The maximum Gasteiger partial charge on any atom is 0.243 e. The molecule has 1 fully saturated rings. The van der Waals surface area contributed by atoms with Crippen LogP contribution in [0.1, 0.15) is 25.3 Å². The quantitative estimate of drug-likeness (QED) is 0.562. The van der Waals surface area contributed by atoms with Gasteiger partial charge in [0.15, 0.2) is 4.77 Å². The summed E-state index contributed by atoms with van der Waals surface area (Å²) in [4.78, 5) is 2.63. The largest absolute Gasteiger partial charge is 0.320 e. The topological polar surface area (TPSA) is 50.5 Å². The monoisotopic (exact) mass is 444 g/mol. The zero-order valence-corrected chi connectivity index (χ0v) is 19.3. The number of fused-ring (bicyclic) bond motifs is 1. The Labute approximate surface area is 183 Å². The van der Waals surface area contributed by atoms with Gasteiger partial charge >= 0.3 is 0 Å². The standard InChI is InChI=1S/C22H28N4O2S2/c1-17(2)18-8-10-19(11-9-18)30(27,28)25-14-12-24(13-15-25)16-26-21-7-5-4-6-20(21)23(3)22(26)29/h4-11,17H,12-16H2,1-3H3. The van der Waals surface area contributed by atoms with E-state index in [9.17, 15) is 8.42 Å². The van der Waals surface area contributed by atoms with Crippen LogP contribution in [0.3, 0.4) is 0 Å². The third-order valence-corrected chi connectivity index (χ3v) is 8.32. The van der Waals surface area contributed by atoms with E-state index in [1.54, 1.807) is 16.4 Å². The number of aryl methyl sites for hydroxylation is 1. The van der Waals surface area contributed by atoms with Gasteiger partial charge in [-0.3, -0.25) is 4.90 Å². The molecule has 0 bridgehead atoms. The fourth-order valence-corrected chi connectivity index (χ4v) is 5.66. The minimum absolute atomic E-state index is 0.372. The van der Waals surface area contributed by atoms with Crippen molar-refractivity contribution in [2.75, 3.05) is 26.2 Å². The predicted molar refractivity (Wildman–Crippen MR) is 123 cm³/mol. The first-order valence-electron chi connectivity index (χ1n) is 10.3. The van der Waals surface area contributed by atoms with Crippen molar-refractivity contribution in [3.8, 4) is 0 Å². The number of rotatable bonds is 5. The molecule has 1 aromatic heterocycles. The number of sulfonamides is 1. The van der Waals surface area contributed by atoms with E-state index >= 15 is 0 Å². The molecule has 4 rings (SSSR count). The molecule has 1 saturated heterocycles. The predicted octanol–water partition coefficient (Wildman–Crippen LogP) is 3.80. The number of hydrogen-bond donors (Lipinski definition) is 0. The zero-order chi connectivity index (χ0) is 21.5. The van der Waals surface area contributed by atoms with Gasteiger partial charge < -0.3 is 9.13 Å². The molecule has 1 aliphatic heterocycles. The van der Waals surface area contributed by atoms with Crippen LogP contribution in [0, 0.1) is 4.77 Å². The number of piperazine rings is 1. The highest BCUT2D eigenvalue weighted by Crippen LogP contribution is 2.22. The summed E-state index contributed by atoms with van der Waals surface area (Å²) in [5, 5.41) is 0. The van der Waals surface area contributed by atoms with Gasteiger partial charge in [-0.15, -0.1) is 0 Å². The molecule has 0 radical (unpaired) electrons. The Balaban J connectivity index is 1.47. The Kier molecular flexibility index (Phi) is 5.85. The summed E-state index contributed by atoms with van der Waals surface area (Å²) in [6.07, 6.45) is 0. The third kappa shape index (κ3) is 3.85. The lowest BCUT2D eigenvalue weighted by molar-refractivity contribution is 0.153. The van der Waals surface area contributed by atoms with E-state index < -0.39 is 10.0 Å². The molecule has 0 atom stereocenters. The molecule has 0 unspecified atom stereocenters. The van der Waals surface area contributed by atoms with E-state index in [4.69, 9.17) is 12.2 Å². The van der Waals surface area contributed by atoms with E-state index in [1.807, 2.05) is 35.9 Å². The van der Waals surface area contributed by atoms with Crippen molar-refractivity contribution in [2.45, 2.75) is 31.3 Å². The van der Waals surface area contributed by atoms with Crippen LogP contribution in [-0.2, 0) is 23.7 Å². The lowest BCUT2D eigenvalue weighted by atomic mass is 10.0. The SMILES string of the molecule is CC(C)c1ccc(S(=O)(=O)N2CCN(Cn3c(=S)n(C)c4ccccc43)CC2)cc1. The number of nitrogens with zero attached hydrogens (tertiary/aromatic N) is 4. The number of hydrogen-bond acceptors (Lipinski definition) is 4. The van der Waals surface area contributed by atoms with Crippen molar-refractivity contribution >= 4 is 33.3 Å². The summed E-state index contributed by atoms with van der Waals surface area (Å²) in [7, 11) is -1.48. The van der Waals surface area contributed by atoms with Crippen LogP contribution in [0.4, 0.5) is 0 Å². The first kappa shape index (κ1) is 21.2. The fraction of sp³-hybridized carbons (Fsp3) is 0.409. The second-order valence-corrected chi connectivity index (χ2v) is 10.4. The maximum absolute atomic E-state index is 13.0. The van der Waals surface area contributed by atoms with Gasteiger partial charge in [0, 0.05) is 33.2 Å². The summed E-state index contributed by atoms with van der Waals surface area (Å²) in [5.41, 5.74) is 3.35. The summed E-state index contributed by atoms with van der Waals surface area (Å²) < 4.78 is 32.6. The molecule has 0 spiro atoms. The average Bonchev–Trinajstić information content (AvgIpc) is 2.99. The fourth-order valence-electron chi connectivity index (χ4n) is 3.98. The molecule has 6 nitrogen and oxygen atoms in total. The first-order chi connectivity index (χ1) is 14.3. The number of benzene rings is 2. The minimum atomic E-state index is -3.46. The molecule has 8 heteroatoms. The van der Waals surface area contributed by atoms with Crippen molar-refractivity contribution in [1.82, 2.24) is 18.3 Å². The third-order valence-electron chi connectivity index (χ3n) is 5.91. The molecule has 0 saturated carbocycles. The first-order valence-corrected chi connectivity index (χ1v) is 12.1. The van der Waals surface area contributed by atoms with Gasteiger partial charge in [0.25, 0.3) is 0 Å². The summed E-state index contributed by atoms with van der Waals surface area (Å²) >= 11 is 5.63. The highest BCUT2D eigenvalue weighted by atomic mass is 32.2. The van der Waals surface area contributed by atoms with E-state index in [0.29, 0.717) is 43.7 Å². The zero-order valence-electron chi connectivity index (χ0n) is 17.7. The Hall–Kier alpha value is -2.00. The van der Waals surface area contributed by atoms with Crippen LogP contribution in [-0.4, -0.2) is 52.9 Å². The van der Waals surface area contributed by atoms with Crippen molar-refractivity contribution in [2.24, 2.45) is 7.05 Å². The van der Waals surface area contributed by atoms with E-state index in [-0.39, 0.29) is 0 Å². The lowest BCUT2D eigenvalue weighted by Gasteiger charge is -2.34. The van der Waals surface area contributed by atoms with Crippen LogP contribution in [0.25, 0.3) is 11.0 Å². The average molecular weight is 445 g/mol. The Morgan fingerprint density at radius 2 is 1.53 bits per heavy atom. The van der Waals surface area contributed by atoms with Gasteiger partial charge in [-0.1, -0.05) is 38.1 Å². The lowest BCUT2D eigenvalue weighted by Crippen LogP contribution is -2.48. The van der Waals surface area contributed by atoms with Gasteiger partial charge in [-0.05, 0) is 48.0 Å². The van der Waals surface area contributed by atoms with Crippen molar-refractivity contribution < 1.29 is 8.42 Å². The molecular weight excluding hydrogens is 416 g/mol. The van der Waals surface area contributed by atoms with E-state index in [1.165, 1.54) is 0 Å². The molecule has 2 heterocycles. The highest BCUT2D eigenvalue weighted by molar-refractivity contribution is 7.89. The highest BCUT2D eigenvalue weighted by Gasteiger charge is 2.28. The maximum atomic E-state index is 13.0. The summed E-state index contributed by atoms with van der Waals surface area (Å²) in [6.45, 7) is 7.17. The molecule has 30 heavy (non-hydrogen) atoms. The number of para-hydroxylation sites is 2. The summed E-state index contributed by atoms with van der Waals surface area (Å²) in [6, 6.07) is 15.5. The summed E-state index contributed by atoms with van der Waals surface area (Å²) in [5.74, 6) is 0.381. The second kappa shape index (κ2) is 8.26. The smallest absolute Gasteiger partial charge is 0.243 e. The number of aromatic nitrogens is 2. The Morgan fingerprint density at radius 1 is 0.933 bits per heavy atom. The van der Waals surface area contributed by atoms with E-state index in [2.05, 4.69) is 35.4 Å². The normalized spacial score (nSPS) is 16.5. The Morgan fingerprint density at radius 3 is 2.13 bits per heavy atom. The van der Waals surface area contributed by atoms with Crippen LogP contribution in [0.2, 0.25) is 0 Å². The molecule has 160 valence electrons. The Bertz CT molecular complexity index is 1200. The molecule has 3 aromatic rings. The van der Waals surface area contributed by atoms with Crippen LogP contribution in [0.15, 0.2) is 53.4 Å². The molecule has 2 aromatic carbocycles. The molecule has 1 aliphatic rings. The van der Waals surface area contributed by atoms with E-state index in [0.717, 1.165) is 21.4 Å². The van der Waals surface area contributed by atoms with Gasteiger partial charge in [0.2, 0.25) is 10.0 Å². The van der Waals surface area contributed by atoms with Crippen molar-refractivity contribution in [1.29, 1.82) is 0 Å². The van der Waals surface area contributed by atoms with Gasteiger partial charge in [-0.2, -0.15) is 4.31 Å². The van der Waals surface area contributed by atoms with Crippen LogP contribution in [0.5, 0.6) is 0 Å². The molecule has 0 N–H and O–H groups in total. The van der Waals surface area contributed by atoms with Gasteiger partial charge in [0.05, 0.1) is 22.6 Å². The van der Waals surface area contributed by atoms with Crippen molar-refractivity contribution in [3.05, 3.63) is 58.9 Å². The van der Waals surface area contributed by atoms with Crippen LogP contribution < -0.4 is 0 Å². The van der Waals surface area contributed by atoms with Crippen LogP contribution >= 0.6 is 12.2 Å². The molecule has 0 aliphatic carbocycles. The molecule has 0 amide bonds. The second-order valence-electron chi connectivity index (χ2n) is 8.15. The van der Waals surface area contributed by atoms with Gasteiger partial charge in [-0.25, -0.2) is 8.42 Å². The van der Waals surface area contributed by atoms with Gasteiger partial charge in [0.1, 0.15) is 0 Å².